The highest BCUT2D eigenvalue weighted by atomic mass is 19.1. The average Bonchev–Trinajstić information content (AvgIpc) is 2.99. The van der Waals surface area contributed by atoms with Crippen molar-refractivity contribution in [2.45, 2.75) is 39.0 Å². The van der Waals surface area contributed by atoms with Gasteiger partial charge in [0.15, 0.2) is 11.6 Å². The Morgan fingerprint density at radius 3 is 2.78 bits per heavy atom. The van der Waals surface area contributed by atoms with E-state index in [0.717, 1.165) is 10.8 Å². The molecule has 7 nitrogen and oxygen atoms in total. The summed E-state index contributed by atoms with van der Waals surface area (Å²) < 4.78 is 34.6. The van der Waals surface area contributed by atoms with Crippen LogP contribution in [0.2, 0.25) is 0 Å². The van der Waals surface area contributed by atoms with Crippen LogP contribution in [0, 0.1) is 11.7 Å². The lowest BCUT2D eigenvalue weighted by molar-refractivity contribution is -0.152. The molecule has 2 heterocycles. The molecule has 1 fully saturated rings. The zero-order chi connectivity index (χ0) is 17.6. The lowest BCUT2D eigenvalue weighted by Crippen LogP contribution is -2.29. The third-order valence-electron chi connectivity index (χ3n) is 3.21. The number of halogens is 2. The maximum absolute atomic E-state index is 13.4. The Bertz CT molecular complexity index is 592. The third kappa shape index (κ3) is 4.98. The third-order valence-corrected chi connectivity index (χ3v) is 3.21. The normalized spacial score (nSPS) is 20.1. The Morgan fingerprint density at radius 1 is 1.52 bits per heavy atom. The molecule has 0 bridgehead atoms. The molecular formula is C14H21F2N3O4. The fraction of sp³-hybridized carbons (Fsp3) is 0.643. The second-order valence-electron chi connectivity index (χ2n) is 5.24. The van der Waals surface area contributed by atoms with E-state index in [2.05, 4.69) is 4.98 Å². The number of hydrogen-bond acceptors (Lipinski definition) is 6. The summed E-state index contributed by atoms with van der Waals surface area (Å²) in [5, 5.41) is 0. The Labute approximate surface area is 132 Å². The molecule has 0 aliphatic carbocycles. The monoisotopic (exact) mass is 333 g/mol. The molecule has 0 saturated carbocycles. The molecule has 2 rings (SSSR count). The minimum Gasteiger partial charge on any atom is -0.463 e. The highest BCUT2D eigenvalue weighted by Crippen LogP contribution is 2.27. The molecule has 2 atom stereocenters. The first-order chi connectivity index (χ1) is 10.9. The largest absolute Gasteiger partial charge is 0.463 e. The summed E-state index contributed by atoms with van der Waals surface area (Å²) in [6.45, 7) is 3.60. The number of carbonyl (C=O) groups excluding carboxylic acids is 1. The fourth-order valence-corrected chi connectivity index (χ4v) is 2.02. The van der Waals surface area contributed by atoms with E-state index in [0.29, 0.717) is 20.0 Å². The van der Waals surface area contributed by atoms with Crippen molar-refractivity contribution in [3.8, 4) is 0 Å². The van der Waals surface area contributed by atoms with Crippen LogP contribution in [0.1, 0.15) is 32.9 Å². The van der Waals surface area contributed by atoms with Gasteiger partial charge in [0, 0.05) is 0 Å². The zero-order valence-electron chi connectivity index (χ0n) is 13.3. The fourth-order valence-electron chi connectivity index (χ4n) is 2.02. The number of anilines is 1. The molecule has 0 spiro atoms. The van der Waals surface area contributed by atoms with Gasteiger partial charge in [-0.2, -0.15) is 4.98 Å². The maximum Gasteiger partial charge on any atom is 0.351 e. The number of alkyl halides is 1. The number of nitrogens with zero attached hydrogens (tertiary/aromatic N) is 2. The minimum atomic E-state index is -0.770. The number of ether oxygens (including phenoxy) is 2. The van der Waals surface area contributed by atoms with Crippen LogP contribution in [0.5, 0.6) is 0 Å². The molecule has 1 aromatic rings. The lowest BCUT2D eigenvalue weighted by Gasteiger charge is -2.16. The van der Waals surface area contributed by atoms with Gasteiger partial charge in [0.1, 0.15) is 12.8 Å². The van der Waals surface area contributed by atoms with E-state index in [1.807, 2.05) is 0 Å². The van der Waals surface area contributed by atoms with Gasteiger partial charge in [-0.25, -0.2) is 9.18 Å². The van der Waals surface area contributed by atoms with Gasteiger partial charge in [-0.15, -0.1) is 0 Å². The first kappa shape index (κ1) is 19.0. The van der Waals surface area contributed by atoms with Gasteiger partial charge >= 0.3 is 11.7 Å². The summed E-state index contributed by atoms with van der Waals surface area (Å²) in [6, 6.07) is 0. The van der Waals surface area contributed by atoms with Crippen LogP contribution in [0.3, 0.4) is 0 Å². The number of carbonyl (C=O) groups is 1. The Balaban J connectivity index is 0.00000127. The highest BCUT2D eigenvalue weighted by Gasteiger charge is 2.29. The molecular weight excluding hydrogens is 312 g/mol. The van der Waals surface area contributed by atoms with Crippen molar-refractivity contribution in [3.05, 3.63) is 22.5 Å². The van der Waals surface area contributed by atoms with Crippen molar-refractivity contribution in [3.63, 3.8) is 0 Å². The van der Waals surface area contributed by atoms with E-state index in [-0.39, 0.29) is 24.6 Å². The molecule has 1 aliphatic rings. The summed E-state index contributed by atoms with van der Waals surface area (Å²) in [5.74, 6) is -1.72. The van der Waals surface area contributed by atoms with Crippen LogP contribution in [0.15, 0.2) is 11.0 Å². The Hall–Kier alpha value is -2.03. The van der Waals surface area contributed by atoms with E-state index in [4.69, 9.17) is 15.2 Å². The Morgan fingerprint density at radius 2 is 2.17 bits per heavy atom. The van der Waals surface area contributed by atoms with Gasteiger partial charge in [0.05, 0.1) is 25.4 Å². The molecule has 2 unspecified atom stereocenters. The molecule has 130 valence electrons. The number of nitrogen functional groups attached to an aromatic ring is 1. The van der Waals surface area contributed by atoms with Crippen molar-refractivity contribution >= 4 is 11.8 Å². The summed E-state index contributed by atoms with van der Waals surface area (Å²) in [5.41, 5.74) is 4.56. The van der Waals surface area contributed by atoms with Crippen LogP contribution < -0.4 is 11.4 Å². The summed E-state index contributed by atoms with van der Waals surface area (Å²) in [4.78, 5) is 26.4. The van der Waals surface area contributed by atoms with E-state index >= 15 is 0 Å². The average molecular weight is 333 g/mol. The molecule has 0 aromatic carbocycles. The second-order valence-corrected chi connectivity index (χ2v) is 5.24. The van der Waals surface area contributed by atoms with Crippen molar-refractivity contribution < 1.29 is 23.0 Å². The van der Waals surface area contributed by atoms with Gasteiger partial charge < -0.3 is 15.2 Å². The van der Waals surface area contributed by atoms with Crippen molar-refractivity contribution in [2.75, 3.05) is 19.5 Å². The molecule has 0 amide bonds. The molecule has 2 N–H and O–H groups in total. The molecule has 1 saturated heterocycles. The van der Waals surface area contributed by atoms with E-state index < -0.39 is 23.6 Å². The van der Waals surface area contributed by atoms with Crippen LogP contribution in [-0.2, 0) is 14.3 Å². The number of rotatable bonds is 4. The van der Waals surface area contributed by atoms with Gasteiger partial charge in [0.2, 0.25) is 0 Å². The van der Waals surface area contributed by atoms with Gasteiger partial charge in [-0.05, 0) is 12.8 Å². The standard InChI is InChI=1S/C13H18FN3O4.CH3F/c1-7(2)12(18)20-6-8-3-4-10(21-8)17-5-9(14)11(15)16-13(17)19;1-2/h5,7-8,10H,3-4,6H2,1-2H3,(H2,15,16,19);1H3. The maximum atomic E-state index is 13.4. The van der Waals surface area contributed by atoms with Crippen LogP contribution >= 0.6 is 0 Å². The number of aromatic nitrogens is 2. The topological polar surface area (TPSA) is 96.4 Å². The molecule has 9 heteroatoms. The molecule has 1 aliphatic heterocycles. The zero-order valence-corrected chi connectivity index (χ0v) is 13.3. The lowest BCUT2D eigenvalue weighted by atomic mass is 10.2. The predicted molar refractivity (Wildman–Crippen MR) is 78.8 cm³/mol. The number of esters is 1. The summed E-state index contributed by atoms with van der Waals surface area (Å²) >= 11 is 0. The predicted octanol–water partition coefficient (Wildman–Crippen LogP) is 1.43. The van der Waals surface area contributed by atoms with E-state index in [9.17, 15) is 18.4 Å². The summed E-state index contributed by atoms with van der Waals surface area (Å²) in [7, 11) is 0.500. The second kappa shape index (κ2) is 8.56. The highest BCUT2D eigenvalue weighted by molar-refractivity contribution is 5.71. The first-order valence-corrected chi connectivity index (χ1v) is 7.12. The van der Waals surface area contributed by atoms with E-state index in [1.54, 1.807) is 13.8 Å². The quantitative estimate of drug-likeness (QED) is 0.837. The van der Waals surface area contributed by atoms with Crippen LogP contribution in [0.4, 0.5) is 14.6 Å². The Kier molecular flexibility index (Phi) is 7.08. The van der Waals surface area contributed by atoms with Gasteiger partial charge in [0.25, 0.3) is 0 Å². The minimum absolute atomic E-state index is 0.118. The van der Waals surface area contributed by atoms with Gasteiger partial charge in [-0.3, -0.25) is 13.8 Å². The number of nitrogens with two attached hydrogens (primary N) is 1. The summed E-state index contributed by atoms with van der Waals surface area (Å²) in [6.07, 6.45) is 1.16. The number of hydrogen-bond donors (Lipinski definition) is 1. The van der Waals surface area contributed by atoms with Gasteiger partial charge in [-0.1, -0.05) is 13.8 Å². The van der Waals surface area contributed by atoms with Crippen molar-refractivity contribution in [2.24, 2.45) is 5.92 Å². The molecule has 0 radical (unpaired) electrons. The van der Waals surface area contributed by atoms with Crippen molar-refractivity contribution in [1.29, 1.82) is 0 Å². The van der Waals surface area contributed by atoms with Crippen LogP contribution in [-0.4, -0.2) is 35.4 Å². The molecule has 23 heavy (non-hydrogen) atoms. The van der Waals surface area contributed by atoms with Crippen LogP contribution in [0.25, 0.3) is 0 Å². The molecule has 1 aromatic heterocycles. The smallest absolute Gasteiger partial charge is 0.351 e. The van der Waals surface area contributed by atoms with E-state index in [1.165, 1.54) is 0 Å². The van der Waals surface area contributed by atoms with Crippen molar-refractivity contribution in [1.82, 2.24) is 9.55 Å². The SMILES string of the molecule is CC(C)C(=O)OCC1CCC(n2cc(F)c(N)nc2=O)O1.CF. The first-order valence-electron chi connectivity index (χ1n) is 7.12.